The minimum Gasteiger partial charge on any atom is -0.271 e. The Kier molecular flexibility index (Phi) is 6.33. The molecule has 0 bridgehead atoms. The van der Waals surface area contributed by atoms with Crippen LogP contribution in [0.4, 0.5) is 23.4 Å². The van der Waals surface area contributed by atoms with Crippen LogP contribution in [0.5, 0.6) is 0 Å². The molecule has 0 fully saturated rings. The third-order valence-corrected chi connectivity index (χ3v) is 4.20. The van der Waals surface area contributed by atoms with Crippen LogP contribution in [0.25, 0.3) is 17.6 Å². The van der Waals surface area contributed by atoms with Crippen molar-refractivity contribution in [3.63, 3.8) is 0 Å². The first kappa shape index (κ1) is 21.9. The van der Waals surface area contributed by atoms with Crippen LogP contribution >= 0.6 is 0 Å². The number of anilines is 1. The maximum Gasteiger partial charge on any atom is 0.416 e. The Morgan fingerprint density at radius 1 is 1.26 bits per heavy atom. The molecule has 0 spiro atoms. The summed E-state index contributed by atoms with van der Waals surface area (Å²) in [5.74, 6) is 0.0518. The molecular formula is C20H18F4N6O. The van der Waals surface area contributed by atoms with Gasteiger partial charge in [0.2, 0.25) is 0 Å². The molecule has 1 N–H and O–H groups in total. The van der Waals surface area contributed by atoms with Crippen molar-refractivity contribution in [2.45, 2.75) is 19.8 Å². The average Bonchev–Trinajstić information content (AvgIpc) is 3.20. The highest BCUT2D eigenvalue weighted by Crippen LogP contribution is 2.33. The van der Waals surface area contributed by atoms with Crippen LogP contribution in [-0.2, 0) is 17.6 Å². The van der Waals surface area contributed by atoms with Gasteiger partial charge in [0.15, 0.2) is 5.82 Å². The van der Waals surface area contributed by atoms with Gasteiger partial charge in [-0.3, -0.25) is 15.2 Å². The third-order valence-electron chi connectivity index (χ3n) is 4.20. The van der Waals surface area contributed by atoms with Gasteiger partial charge in [-0.15, -0.1) is 5.10 Å². The number of pyridine rings is 1. The first-order chi connectivity index (χ1) is 14.7. The molecule has 2 aromatic heterocycles. The Balaban J connectivity index is 1.73. The summed E-state index contributed by atoms with van der Waals surface area (Å²) in [5, 5.41) is 5.48. The molecule has 0 aliphatic rings. The first-order valence-corrected chi connectivity index (χ1v) is 9.00. The van der Waals surface area contributed by atoms with E-state index in [2.05, 4.69) is 20.5 Å². The van der Waals surface area contributed by atoms with E-state index >= 15 is 0 Å². The maximum atomic E-state index is 13.0. The van der Waals surface area contributed by atoms with E-state index in [1.54, 1.807) is 19.3 Å². The second-order valence-electron chi connectivity index (χ2n) is 6.59. The largest absolute Gasteiger partial charge is 0.416 e. The second-order valence-corrected chi connectivity index (χ2v) is 6.59. The highest BCUT2D eigenvalue weighted by atomic mass is 19.4. The quantitative estimate of drug-likeness (QED) is 0.363. The molecule has 162 valence electrons. The van der Waals surface area contributed by atoms with E-state index in [1.807, 2.05) is 13.0 Å². The molecule has 31 heavy (non-hydrogen) atoms. The van der Waals surface area contributed by atoms with Gasteiger partial charge in [0.05, 0.1) is 5.56 Å². The van der Waals surface area contributed by atoms with Crippen molar-refractivity contribution in [2.24, 2.45) is 0 Å². The Morgan fingerprint density at radius 2 is 2.03 bits per heavy atom. The Hall–Kier alpha value is -3.76. The van der Waals surface area contributed by atoms with Gasteiger partial charge in [-0.2, -0.15) is 13.2 Å². The van der Waals surface area contributed by atoms with Crippen molar-refractivity contribution in [2.75, 3.05) is 12.1 Å². The van der Waals surface area contributed by atoms with Gasteiger partial charge >= 0.3 is 6.18 Å². The number of aryl methyl sites for hydroxylation is 1. The molecule has 0 saturated carbocycles. The number of halogens is 4. The third kappa shape index (κ3) is 5.44. The van der Waals surface area contributed by atoms with Crippen molar-refractivity contribution < 1.29 is 22.4 Å². The van der Waals surface area contributed by atoms with Gasteiger partial charge in [-0.1, -0.05) is 6.07 Å². The summed E-state index contributed by atoms with van der Waals surface area (Å²) in [6, 6.07) is 6.46. The van der Waals surface area contributed by atoms with E-state index < -0.39 is 24.3 Å². The average molecular weight is 434 g/mol. The molecule has 0 saturated heterocycles. The number of amides is 1. The number of nitrogens with one attached hydrogen (secondary N) is 1. The SMILES string of the molecule is Cc1cccnc1N(C)NC(=O)/C=C\n1cnc(-c2cc(CF)cc(C(F)(F)F)c2)n1. The number of aromatic nitrogens is 4. The van der Waals surface area contributed by atoms with Gasteiger partial charge in [-0.25, -0.2) is 19.0 Å². The minimum atomic E-state index is -4.63. The van der Waals surface area contributed by atoms with Crippen molar-refractivity contribution in [1.82, 2.24) is 25.2 Å². The van der Waals surface area contributed by atoms with Crippen LogP contribution in [0.15, 0.2) is 48.9 Å². The highest BCUT2D eigenvalue weighted by Gasteiger charge is 2.31. The summed E-state index contributed by atoms with van der Waals surface area (Å²) in [7, 11) is 1.63. The lowest BCUT2D eigenvalue weighted by atomic mass is 10.1. The Labute approximate surface area is 175 Å². The summed E-state index contributed by atoms with van der Waals surface area (Å²) in [6.07, 6.45) is 0.653. The van der Waals surface area contributed by atoms with E-state index in [0.717, 1.165) is 22.4 Å². The van der Waals surface area contributed by atoms with Gasteiger partial charge in [0.25, 0.3) is 5.91 Å². The zero-order valence-corrected chi connectivity index (χ0v) is 16.6. The monoisotopic (exact) mass is 434 g/mol. The number of carbonyl (C=O) groups excluding carboxylic acids is 1. The molecule has 1 amide bonds. The van der Waals surface area contributed by atoms with E-state index in [1.165, 1.54) is 29.7 Å². The summed E-state index contributed by atoms with van der Waals surface area (Å²) in [4.78, 5) is 20.3. The molecule has 7 nitrogen and oxygen atoms in total. The number of hydrogen-bond donors (Lipinski definition) is 1. The summed E-state index contributed by atoms with van der Waals surface area (Å²) in [6.45, 7) is 0.793. The lowest BCUT2D eigenvalue weighted by Gasteiger charge is -2.19. The highest BCUT2D eigenvalue weighted by molar-refractivity contribution is 5.91. The minimum absolute atomic E-state index is 0.0180. The molecule has 1 aromatic carbocycles. The topological polar surface area (TPSA) is 75.9 Å². The molecule has 3 aromatic rings. The van der Waals surface area contributed by atoms with Crippen molar-refractivity contribution in [3.05, 3.63) is 65.6 Å². The smallest absolute Gasteiger partial charge is 0.271 e. The van der Waals surface area contributed by atoms with Gasteiger partial charge < -0.3 is 0 Å². The molecule has 0 radical (unpaired) electrons. The van der Waals surface area contributed by atoms with Crippen LogP contribution in [0.1, 0.15) is 16.7 Å². The number of benzene rings is 1. The molecule has 11 heteroatoms. The molecule has 3 rings (SSSR count). The Morgan fingerprint density at radius 3 is 2.71 bits per heavy atom. The fraction of sp³-hybridized carbons (Fsp3) is 0.200. The lowest BCUT2D eigenvalue weighted by Crippen LogP contribution is -2.39. The molecule has 0 atom stereocenters. The number of carbonyl (C=O) groups is 1. The second kappa shape index (κ2) is 8.94. The normalized spacial score (nSPS) is 11.7. The predicted octanol–water partition coefficient (Wildman–Crippen LogP) is 3.78. The molecule has 0 unspecified atom stereocenters. The summed E-state index contributed by atoms with van der Waals surface area (Å²) >= 11 is 0. The number of hydrazine groups is 1. The number of alkyl halides is 4. The van der Waals surface area contributed by atoms with Crippen molar-refractivity contribution in [1.29, 1.82) is 0 Å². The van der Waals surface area contributed by atoms with Crippen LogP contribution in [0.2, 0.25) is 0 Å². The van der Waals surface area contributed by atoms with Crippen LogP contribution in [0.3, 0.4) is 0 Å². The van der Waals surface area contributed by atoms with Crippen LogP contribution in [-0.4, -0.2) is 32.7 Å². The van der Waals surface area contributed by atoms with Crippen LogP contribution < -0.4 is 10.4 Å². The zero-order valence-electron chi connectivity index (χ0n) is 16.6. The molecule has 0 aliphatic heterocycles. The number of rotatable bonds is 6. The fourth-order valence-corrected chi connectivity index (χ4v) is 2.77. The van der Waals surface area contributed by atoms with Gasteiger partial charge in [-0.05, 0) is 42.3 Å². The Bertz CT molecular complexity index is 1110. The van der Waals surface area contributed by atoms with E-state index in [4.69, 9.17) is 0 Å². The maximum absolute atomic E-state index is 13.0. The van der Waals surface area contributed by atoms with E-state index in [-0.39, 0.29) is 17.0 Å². The van der Waals surface area contributed by atoms with Crippen molar-refractivity contribution >= 4 is 17.9 Å². The fourth-order valence-electron chi connectivity index (χ4n) is 2.77. The molecular weight excluding hydrogens is 416 g/mol. The van der Waals surface area contributed by atoms with Crippen molar-refractivity contribution in [3.8, 4) is 11.4 Å². The summed E-state index contributed by atoms with van der Waals surface area (Å²) < 4.78 is 53.2. The number of hydrogen-bond acceptors (Lipinski definition) is 5. The van der Waals surface area contributed by atoms with E-state index in [9.17, 15) is 22.4 Å². The van der Waals surface area contributed by atoms with Crippen LogP contribution in [0, 0.1) is 6.92 Å². The predicted molar refractivity (Wildman–Crippen MR) is 106 cm³/mol. The standard InChI is InChI=1S/C20H18F4N6O/c1-13-4-3-6-25-19(13)29(2)27-17(31)5-7-30-12-26-18(28-30)15-8-14(11-21)9-16(10-15)20(22,23)24/h3-10,12H,11H2,1-2H3,(H,27,31)/b7-5-. The molecule has 2 heterocycles. The lowest BCUT2D eigenvalue weighted by molar-refractivity contribution is -0.137. The molecule has 0 aliphatic carbocycles. The summed E-state index contributed by atoms with van der Waals surface area (Å²) in [5.41, 5.74) is 2.36. The zero-order chi connectivity index (χ0) is 22.6. The van der Waals surface area contributed by atoms with Gasteiger partial charge in [0, 0.05) is 31.1 Å². The van der Waals surface area contributed by atoms with Gasteiger partial charge in [0.1, 0.15) is 18.8 Å². The first-order valence-electron chi connectivity index (χ1n) is 9.00. The number of nitrogens with zero attached hydrogens (tertiary/aromatic N) is 5. The van der Waals surface area contributed by atoms with E-state index in [0.29, 0.717) is 5.82 Å².